The van der Waals surface area contributed by atoms with Crippen LogP contribution in [0.4, 0.5) is 18.9 Å². The number of benzene rings is 1. The highest BCUT2D eigenvalue weighted by molar-refractivity contribution is 6.41. The first kappa shape index (κ1) is 16.4. The van der Waals surface area contributed by atoms with Gasteiger partial charge in [0.15, 0.2) is 0 Å². The summed E-state index contributed by atoms with van der Waals surface area (Å²) in [6, 6.07) is 6.17. The van der Waals surface area contributed by atoms with Crippen molar-refractivity contribution in [1.29, 1.82) is 0 Å². The van der Waals surface area contributed by atoms with Crippen molar-refractivity contribution in [3.63, 3.8) is 0 Å². The Bertz CT molecular complexity index is 708. The average molecular weight is 351 g/mol. The molecule has 9 heteroatoms. The zero-order valence-corrected chi connectivity index (χ0v) is 12.1. The zero-order chi connectivity index (χ0) is 16.3. The molecule has 1 N–H and O–H groups in total. The van der Waals surface area contributed by atoms with Crippen molar-refractivity contribution in [2.75, 3.05) is 5.32 Å². The number of amides is 1. The molecule has 0 atom stereocenters. The van der Waals surface area contributed by atoms with Gasteiger partial charge in [-0.2, -0.15) is 0 Å². The number of hydrogen-bond acceptors (Lipinski definition) is 3. The van der Waals surface area contributed by atoms with Gasteiger partial charge in [-0.1, -0.05) is 29.3 Å². The van der Waals surface area contributed by atoms with Gasteiger partial charge in [0.2, 0.25) is 0 Å². The number of rotatable bonds is 3. The largest absolute Gasteiger partial charge is 0.573 e. The van der Waals surface area contributed by atoms with Gasteiger partial charge in [0.1, 0.15) is 10.9 Å². The molecule has 1 amide bonds. The Balaban J connectivity index is 2.14. The molecule has 0 spiro atoms. The van der Waals surface area contributed by atoms with Gasteiger partial charge >= 0.3 is 6.36 Å². The van der Waals surface area contributed by atoms with Crippen LogP contribution in [0.3, 0.4) is 0 Å². The van der Waals surface area contributed by atoms with Crippen LogP contribution in [0.25, 0.3) is 0 Å². The number of aromatic nitrogens is 1. The highest BCUT2D eigenvalue weighted by atomic mass is 35.5. The number of pyridine rings is 1. The van der Waals surface area contributed by atoms with Crippen LogP contribution in [0.1, 0.15) is 10.4 Å². The van der Waals surface area contributed by atoms with E-state index in [-0.39, 0.29) is 21.4 Å². The predicted octanol–water partition coefficient (Wildman–Crippen LogP) is 4.54. The number of ether oxygens (including phenoxy) is 1. The second-order valence-electron chi connectivity index (χ2n) is 4.03. The molecule has 0 fully saturated rings. The van der Waals surface area contributed by atoms with Crippen LogP contribution in [0.5, 0.6) is 5.75 Å². The molecule has 0 aliphatic heterocycles. The van der Waals surface area contributed by atoms with Crippen molar-refractivity contribution in [1.82, 2.24) is 4.98 Å². The molecular weight excluding hydrogens is 344 g/mol. The first-order chi connectivity index (χ1) is 10.2. The molecule has 1 aromatic carbocycles. The molecule has 2 rings (SSSR count). The zero-order valence-electron chi connectivity index (χ0n) is 10.6. The van der Waals surface area contributed by atoms with Gasteiger partial charge in [0.25, 0.3) is 5.91 Å². The van der Waals surface area contributed by atoms with E-state index in [9.17, 15) is 18.0 Å². The minimum atomic E-state index is -4.81. The highest BCUT2D eigenvalue weighted by Crippen LogP contribution is 2.25. The van der Waals surface area contributed by atoms with Crippen molar-refractivity contribution in [3.8, 4) is 5.75 Å². The van der Waals surface area contributed by atoms with Crippen LogP contribution < -0.4 is 10.1 Å². The van der Waals surface area contributed by atoms with E-state index in [0.717, 1.165) is 12.1 Å². The van der Waals surface area contributed by atoms with Crippen LogP contribution in [0.15, 0.2) is 36.5 Å². The minimum Gasteiger partial charge on any atom is -0.406 e. The molecule has 0 saturated carbocycles. The van der Waals surface area contributed by atoms with E-state index in [1.54, 1.807) is 0 Å². The summed E-state index contributed by atoms with van der Waals surface area (Å²) in [5.74, 6) is -1.05. The third-order valence-corrected chi connectivity index (χ3v) is 3.07. The third kappa shape index (κ3) is 4.51. The van der Waals surface area contributed by atoms with E-state index in [2.05, 4.69) is 15.0 Å². The Labute approximate surface area is 132 Å². The van der Waals surface area contributed by atoms with Crippen LogP contribution in [-0.2, 0) is 0 Å². The van der Waals surface area contributed by atoms with Crippen molar-refractivity contribution in [2.45, 2.75) is 6.36 Å². The van der Waals surface area contributed by atoms with Gasteiger partial charge in [0.05, 0.1) is 10.6 Å². The maximum Gasteiger partial charge on any atom is 0.573 e. The van der Waals surface area contributed by atoms with Crippen LogP contribution in [0.2, 0.25) is 10.2 Å². The molecule has 1 aromatic heterocycles. The average Bonchev–Trinajstić information content (AvgIpc) is 2.40. The molecule has 116 valence electrons. The number of carbonyl (C=O) groups is 1. The van der Waals surface area contributed by atoms with Crippen LogP contribution in [-0.4, -0.2) is 17.3 Å². The van der Waals surface area contributed by atoms with Gasteiger partial charge in [0, 0.05) is 18.0 Å². The normalized spacial score (nSPS) is 11.1. The van der Waals surface area contributed by atoms with Gasteiger partial charge in [-0.15, -0.1) is 13.2 Å². The monoisotopic (exact) mass is 350 g/mol. The Morgan fingerprint density at radius 2 is 1.95 bits per heavy atom. The Morgan fingerprint density at radius 1 is 1.23 bits per heavy atom. The van der Waals surface area contributed by atoms with Gasteiger partial charge < -0.3 is 10.1 Å². The highest BCUT2D eigenvalue weighted by Gasteiger charge is 2.31. The van der Waals surface area contributed by atoms with Crippen LogP contribution in [0, 0.1) is 0 Å². The number of nitrogens with one attached hydrogen (secondary N) is 1. The molecule has 1 heterocycles. The topological polar surface area (TPSA) is 51.2 Å². The van der Waals surface area contributed by atoms with Gasteiger partial charge in [-0.25, -0.2) is 4.98 Å². The van der Waals surface area contributed by atoms with Gasteiger partial charge in [-0.3, -0.25) is 4.79 Å². The van der Waals surface area contributed by atoms with E-state index in [4.69, 9.17) is 23.2 Å². The van der Waals surface area contributed by atoms with Crippen LogP contribution >= 0.6 is 23.2 Å². The summed E-state index contributed by atoms with van der Waals surface area (Å²) in [5, 5.41) is 2.53. The fourth-order valence-corrected chi connectivity index (χ4v) is 1.79. The Kier molecular flexibility index (Phi) is 4.77. The van der Waals surface area contributed by atoms with Crippen molar-refractivity contribution in [2.24, 2.45) is 0 Å². The summed E-state index contributed by atoms with van der Waals surface area (Å²) < 4.78 is 40.2. The van der Waals surface area contributed by atoms with E-state index in [1.807, 2.05) is 0 Å². The lowest BCUT2D eigenvalue weighted by molar-refractivity contribution is -0.274. The molecule has 0 saturated heterocycles. The summed E-state index contributed by atoms with van der Waals surface area (Å²) in [6.45, 7) is 0. The van der Waals surface area contributed by atoms with E-state index < -0.39 is 18.0 Å². The summed E-state index contributed by atoms with van der Waals surface area (Å²) in [5.41, 5.74) is 0.231. The lowest BCUT2D eigenvalue weighted by Crippen LogP contribution is -2.17. The van der Waals surface area contributed by atoms with E-state index in [0.29, 0.717) is 0 Å². The molecule has 0 bridgehead atoms. The maximum absolute atomic E-state index is 12.1. The summed E-state index contributed by atoms with van der Waals surface area (Å²) in [6.07, 6.45) is -3.62. The quantitative estimate of drug-likeness (QED) is 0.826. The second kappa shape index (κ2) is 6.41. The number of alkyl halides is 3. The number of hydrogen-bond donors (Lipinski definition) is 1. The molecule has 22 heavy (non-hydrogen) atoms. The molecular formula is C13H7Cl2F3N2O2. The molecule has 0 radical (unpaired) electrons. The molecule has 4 nitrogen and oxygen atoms in total. The predicted molar refractivity (Wildman–Crippen MR) is 75.3 cm³/mol. The second-order valence-corrected chi connectivity index (χ2v) is 4.79. The first-order valence-corrected chi connectivity index (χ1v) is 6.48. The number of halogens is 5. The fourth-order valence-electron chi connectivity index (χ4n) is 1.52. The lowest BCUT2D eigenvalue weighted by Gasteiger charge is -2.10. The minimum absolute atomic E-state index is 0.0405. The number of carbonyl (C=O) groups excluding carboxylic acids is 1. The van der Waals surface area contributed by atoms with Gasteiger partial charge in [-0.05, 0) is 18.2 Å². The summed E-state index contributed by atoms with van der Waals surface area (Å²) in [4.78, 5) is 15.7. The molecule has 2 aromatic rings. The van der Waals surface area contributed by atoms with Crippen molar-refractivity contribution < 1.29 is 22.7 Å². The SMILES string of the molecule is O=C(Nc1cccc(OC(F)(F)F)c1)c1cnc(Cl)c(Cl)c1. The lowest BCUT2D eigenvalue weighted by atomic mass is 10.2. The van der Waals surface area contributed by atoms with Crippen molar-refractivity contribution in [3.05, 3.63) is 52.3 Å². The summed E-state index contributed by atoms with van der Waals surface area (Å²) >= 11 is 11.4. The van der Waals surface area contributed by atoms with Crippen molar-refractivity contribution >= 4 is 34.8 Å². The smallest absolute Gasteiger partial charge is 0.406 e. The number of anilines is 1. The summed E-state index contributed by atoms with van der Waals surface area (Å²) in [7, 11) is 0. The molecule has 0 aliphatic carbocycles. The number of nitrogens with zero attached hydrogens (tertiary/aromatic N) is 1. The Hall–Kier alpha value is -1.99. The van der Waals surface area contributed by atoms with E-state index >= 15 is 0 Å². The standard InChI is InChI=1S/C13H7Cl2F3N2O2/c14-10-4-7(6-19-11(10)15)12(21)20-8-2-1-3-9(5-8)22-13(16,17)18/h1-6H,(H,20,21). The van der Waals surface area contributed by atoms with E-state index in [1.165, 1.54) is 24.4 Å². The molecule has 0 aliphatic rings. The Morgan fingerprint density at radius 3 is 2.59 bits per heavy atom. The first-order valence-electron chi connectivity index (χ1n) is 5.73. The maximum atomic E-state index is 12.1. The molecule has 0 unspecified atom stereocenters. The third-order valence-electron chi connectivity index (χ3n) is 2.38. The fraction of sp³-hybridized carbons (Fsp3) is 0.0769.